The van der Waals surface area contributed by atoms with Gasteiger partial charge in [-0.1, -0.05) is 13.8 Å². The minimum atomic E-state index is 0.615. The molecule has 2 nitrogen and oxygen atoms in total. The van der Waals surface area contributed by atoms with Gasteiger partial charge in [0.15, 0.2) is 0 Å². The predicted molar refractivity (Wildman–Crippen MR) is 35.5 cm³/mol. The molecule has 8 heavy (non-hydrogen) atoms. The fourth-order valence-corrected chi connectivity index (χ4v) is 0.294. The summed E-state index contributed by atoms with van der Waals surface area (Å²) in [4.78, 5) is 7.46. The molecule has 0 aliphatic carbocycles. The summed E-state index contributed by atoms with van der Waals surface area (Å²) in [5, 5.41) is 0. The minimum absolute atomic E-state index is 0.615. The lowest BCUT2D eigenvalue weighted by atomic mass is 10.2. The Morgan fingerprint density at radius 1 is 1.50 bits per heavy atom. The van der Waals surface area contributed by atoms with Gasteiger partial charge < -0.3 is 0 Å². The maximum absolute atomic E-state index is 3.87. The molecule has 0 N–H and O–H groups in total. The summed E-state index contributed by atoms with van der Waals surface area (Å²) in [6.07, 6.45) is 0. The molecular weight excluding hydrogens is 100 g/mol. The van der Waals surface area contributed by atoms with Gasteiger partial charge in [0.05, 0.1) is 12.6 Å². The molecule has 0 radical (unpaired) electrons. The van der Waals surface area contributed by atoms with Gasteiger partial charge in [-0.2, -0.15) is 0 Å². The first-order valence-electron chi connectivity index (χ1n) is 2.77. The maximum atomic E-state index is 3.87. The summed E-state index contributed by atoms with van der Waals surface area (Å²) in [6.45, 7) is 5.05. The van der Waals surface area contributed by atoms with Crippen LogP contribution < -0.4 is 0 Å². The quantitative estimate of drug-likeness (QED) is 0.483. The van der Waals surface area contributed by atoms with E-state index in [2.05, 4.69) is 29.8 Å². The molecule has 0 unspecified atom stereocenters. The van der Waals surface area contributed by atoms with Gasteiger partial charge >= 0.3 is 0 Å². The van der Waals surface area contributed by atoms with Crippen LogP contribution in [0.1, 0.15) is 13.8 Å². The first kappa shape index (κ1) is 7.38. The SMILES string of the molecule is CN=C=NCC(C)C. The van der Waals surface area contributed by atoms with Crippen molar-refractivity contribution in [3.8, 4) is 0 Å². The van der Waals surface area contributed by atoms with E-state index in [9.17, 15) is 0 Å². The summed E-state index contributed by atoms with van der Waals surface area (Å²) in [7, 11) is 1.67. The fourth-order valence-electron chi connectivity index (χ4n) is 0.294. The lowest BCUT2D eigenvalue weighted by molar-refractivity contribution is 0.667. The lowest BCUT2D eigenvalue weighted by Gasteiger charge is -1.91. The molecule has 0 aromatic heterocycles. The Hall–Kier alpha value is -0.620. The molecule has 0 saturated carbocycles. The largest absolute Gasteiger partial charge is 0.229 e. The molecule has 0 spiro atoms. The van der Waals surface area contributed by atoms with Crippen LogP contribution in [0.3, 0.4) is 0 Å². The van der Waals surface area contributed by atoms with E-state index in [0.717, 1.165) is 6.54 Å². The van der Waals surface area contributed by atoms with Crippen molar-refractivity contribution in [2.24, 2.45) is 15.9 Å². The Labute approximate surface area is 50.4 Å². The van der Waals surface area contributed by atoms with Gasteiger partial charge in [0.25, 0.3) is 0 Å². The fraction of sp³-hybridized carbons (Fsp3) is 0.833. The molecule has 0 atom stereocenters. The molecule has 0 aromatic rings. The molecule has 0 aliphatic rings. The third-order valence-corrected chi connectivity index (χ3v) is 0.627. The van der Waals surface area contributed by atoms with Crippen LogP contribution in [0.5, 0.6) is 0 Å². The number of rotatable bonds is 2. The van der Waals surface area contributed by atoms with Gasteiger partial charge in [0.2, 0.25) is 0 Å². The van der Waals surface area contributed by atoms with Gasteiger partial charge in [-0.15, -0.1) is 0 Å². The molecule has 2 heteroatoms. The average Bonchev–Trinajstić information content (AvgIpc) is 1.66. The van der Waals surface area contributed by atoms with Crippen molar-refractivity contribution in [2.45, 2.75) is 13.8 Å². The maximum Gasteiger partial charge on any atom is 0.0889 e. The highest BCUT2D eigenvalue weighted by molar-refractivity contribution is 5.40. The van der Waals surface area contributed by atoms with Crippen molar-refractivity contribution in [3.05, 3.63) is 0 Å². The van der Waals surface area contributed by atoms with Gasteiger partial charge in [0, 0.05) is 7.05 Å². The number of aliphatic imine (C=N–C) groups is 2. The topological polar surface area (TPSA) is 24.7 Å². The molecule has 0 bridgehead atoms. The van der Waals surface area contributed by atoms with E-state index in [-0.39, 0.29) is 0 Å². The van der Waals surface area contributed by atoms with Gasteiger partial charge in [0.1, 0.15) is 0 Å². The van der Waals surface area contributed by atoms with Crippen molar-refractivity contribution < 1.29 is 0 Å². The molecule has 0 aliphatic heterocycles. The molecule has 0 fully saturated rings. The van der Waals surface area contributed by atoms with Crippen molar-refractivity contribution >= 4 is 6.01 Å². The number of hydrogen-bond acceptors (Lipinski definition) is 2. The van der Waals surface area contributed by atoms with Crippen molar-refractivity contribution in [3.63, 3.8) is 0 Å². The van der Waals surface area contributed by atoms with Crippen LogP contribution in [0.25, 0.3) is 0 Å². The average molecular weight is 112 g/mol. The Kier molecular flexibility index (Phi) is 4.19. The number of nitrogens with zero attached hydrogens (tertiary/aromatic N) is 2. The van der Waals surface area contributed by atoms with E-state index in [0.29, 0.717) is 5.92 Å². The Bertz CT molecular complexity index is 99.1. The predicted octanol–water partition coefficient (Wildman–Crippen LogP) is 1.45. The van der Waals surface area contributed by atoms with E-state index in [1.165, 1.54) is 0 Å². The lowest BCUT2D eigenvalue weighted by Crippen LogP contribution is -1.89. The monoisotopic (exact) mass is 112 g/mol. The van der Waals surface area contributed by atoms with Crippen molar-refractivity contribution in [2.75, 3.05) is 13.6 Å². The molecule has 0 rings (SSSR count). The van der Waals surface area contributed by atoms with Gasteiger partial charge in [-0.05, 0) is 5.92 Å². The Morgan fingerprint density at radius 2 is 2.12 bits per heavy atom. The molecule has 0 aromatic carbocycles. The van der Waals surface area contributed by atoms with Gasteiger partial charge in [-0.3, -0.25) is 0 Å². The Balaban J connectivity index is 3.30. The Morgan fingerprint density at radius 3 is 2.50 bits per heavy atom. The second-order valence-electron chi connectivity index (χ2n) is 2.06. The van der Waals surface area contributed by atoms with E-state index in [4.69, 9.17) is 0 Å². The van der Waals surface area contributed by atoms with Crippen LogP contribution in [0.2, 0.25) is 0 Å². The molecule has 0 saturated heterocycles. The summed E-state index contributed by atoms with van der Waals surface area (Å²) < 4.78 is 0. The smallest absolute Gasteiger partial charge is 0.0889 e. The van der Waals surface area contributed by atoms with E-state index in [1.54, 1.807) is 7.05 Å². The minimum Gasteiger partial charge on any atom is -0.229 e. The summed E-state index contributed by atoms with van der Waals surface area (Å²) >= 11 is 0. The number of hydrogen-bond donors (Lipinski definition) is 0. The van der Waals surface area contributed by atoms with Gasteiger partial charge in [-0.25, -0.2) is 9.98 Å². The zero-order chi connectivity index (χ0) is 6.41. The van der Waals surface area contributed by atoms with E-state index >= 15 is 0 Å². The zero-order valence-electron chi connectivity index (χ0n) is 5.68. The van der Waals surface area contributed by atoms with E-state index < -0.39 is 0 Å². The third kappa shape index (κ3) is 5.38. The second kappa shape index (κ2) is 4.54. The summed E-state index contributed by atoms with van der Waals surface area (Å²) in [5.74, 6) is 0.615. The van der Waals surface area contributed by atoms with E-state index in [1.807, 2.05) is 0 Å². The first-order valence-corrected chi connectivity index (χ1v) is 2.77. The molecule has 46 valence electrons. The molecule has 0 heterocycles. The van der Waals surface area contributed by atoms with Crippen LogP contribution in [0.15, 0.2) is 9.98 Å². The van der Waals surface area contributed by atoms with Crippen molar-refractivity contribution in [1.29, 1.82) is 0 Å². The molecular formula is C6H12N2. The zero-order valence-corrected chi connectivity index (χ0v) is 5.68. The highest BCUT2D eigenvalue weighted by Crippen LogP contribution is 1.88. The molecule has 0 amide bonds. The van der Waals surface area contributed by atoms with Crippen LogP contribution in [-0.4, -0.2) is 19.6 Å². The van der Waals surface area contributed by atoms with Crippen molar-refractivity contribution in [1.82, 2.24) is 0 Å². The summed E-state index contributed by atoms with van der Waals surface area (Å²) in [6, 6.07) is 2.53. The van der Waals surface area contributed by atoms with Crippen LogP contribution in [-0.2, 0) is 0 Å². The first-order chi connectivity index (χ1) is 3.77. The van der Waals surface area contributed by atoms with Crippen LogP contribution in [0.4, 0.5) is 0 Å². The highest BCUT2D eigenvalue weighted by atomic mass is 14.8. The third-order valence-electron chi connectivity index (χ3n) is 0.627. The van der Waals surface area contributed by atoms with Crippen LogP contribution in [0, 0.1) is 5.92 Å². The summed E-state index contributed by atoms with van der Waals surface area (Å²) in [5.41, 5.74) is 0. The highest BCUT2D eigenvalue weighted by Gasteiger charge is 1.85. The second-order valence-corrected chi connectivity index (χ2v) is 2.06. The standard InChI is InChI=1S/C6H12N2/c1-6(2)4-8-5-7-3/h6H,4H2,1-3H3. The normalized spacial score (nSPS) is 8.50. The van der Waals surface area contributed by atoms with Crippen LogP contribution >= 0.6 is 0 Å².